The van der Waals surface area contributed by atoms with E-state index in [2.05, 4.69) is 15.9 Å². The highest BCUT2D eigenvalue weighted by Gasteiger charge is 2.38. The van der Waals surface area contributed by atoms with Gasteiger partial charge in [-0.1, -0.05) is 19.3 Å². The molecule has 0 heterocycles. The summed E-state index contributed by atoms with van der Waals surface area (Å²) >= 11 is 3.31. The molecule has 3 nitrogen and oxygen atoms in total. The van der Waals surface area contributed by atoms with Crippen molar-refractivity contribution >= 4 is 15.9 Å². The van der Waals surface area contributed by atoms with Gasteiger partial charge in [0, 0.05) is 23.6 Å². The summed E-state index contributed by atoms with van der Waals surface area (Å²) in [5.74, 6) is -0.290. The van der Waals surface area contributed by atoms with E-state index in [1.165, 1.54) is 13.2 Å². The molecule has 2 rings (SSSR count). The van der Waals surface area contributed by atoms with E-state index in [9.17, 15) is 9.50 Å². The highest BCUT2D eigenvalue weighted by molar-refractivity contribution is 9.10. The quantitative estimate of drug-likeness (QED) is 0.891. The fraction of sp³-hybridized carbons (Fsp3) is 0.571. The maximum atomic E-state index is 14.4. The van der Waals surface area contributed by atoms with Crippen LogP contribution in [0.1, 0.15) is 37.7 Å². The Labute approximate surface area is 121 Å². The smallest absolute Gasteiger partial charge is 0.172 e. The second-order valence-corrected chi connectivity index (χ2v) is 5.94. The number of phenolic OH excluding ortho intramolecular Hbond substituents is 1. The van der Waals surface area contributed by atoms with Crippen LogP contribution in [0.4, 0.5) is 4.39 Å². The first-order chi connectivity index (χ1) is 9.05. The maximum Gasteiger partial charge on any atom is 0.172 e. The molecule has 106 valence electrons. The van der Waals surface area contributed by atoms with Gasteiger partial charge >= 0.3 is 0 Å². The first kappa shape index (κ1) is 14.6. The van der Waals surface area contributed by atoms with Crippen LogP contribution < -0.4 is 10.5 Å². The Morgan fingerprint density at radius 2 is 2.05 bits per heavy atom. The number of aromatic hydroxyl groups is 1. The van der Waals surface area contributed by atoms with Crippen molar-refractivity contribution in [2.45, 2.75) is 37.5 Å². The van der Waals surface area contributed by atoms with Crippen LogP contribution in [0, 0.1) is 5.82 Å². The van der Waals surface area contributed by atoms with Crippen molar-refractivity contribution in [1.29, 1.82) is 0 Å². The van der Waals surface area contributed by atoms with Crippen LogP contribution in [0.25, 0.3) is 0 Å². The lowest BCUT2D eigenvalue weighted by atomic mass is 9.69. The Balaban J connectivity index is 2.57. The molecule has 0 unspecified atom stereocenters. The topological polar surface area (TPSA) is 55.5 Å². The van der Waals surface area contributed by atoms with Gasteiger partial charge in [-0.05, 0) is 28.8 Å². The van der Waals surface area contributed by atoms with Gasteiger partial charge in [-0.25, -0.2) is 4.39 Å². The normalized spacial score (nSPS) is 18.3. The van der Waals surface area contributed by atoms with E-state index in [0.717, 1.165) is 32.1 Å². The summed E-state index contributed by atoms with van der Waals surface area (Å²) in [5.41, 5.74) is 6.04. The minimum atomic E-state index is -0.384. The average Bonchev–Trinajstić information content (AvgIpc) is 2.44. The molecule has 1 aromatic carbocycles. The van der Waals surface area contributed by atoms with E-state index in [1.54, 1.807) is 0 Å². The van der Waals surface area contributed by atoms with Crippen LogP contribution >= 0.6 is 15.9 Å². The summed E-state index contributed by atoms with van der Waals surface area (Å²) in [7, 11) is 1.40. The van der Waals surface area contributed by atoms with E-state index >= 15 is 0 Å². The molecule has 1 saturated carbocycles. The van der Waals surface area contributed by atoms with Gasteiger partial charge in [0.25, 0.3) is 0 Å². The molecule has 3 N–H and O–H groups in total. The SMILES string of the molecule is COc1cc(F)c(C2(CN)CCCCC2)c(Br)c1O. The minimum Gasteiger partial charge on any atom is -0.503 e. The van der Waals surface area contributed by atoms with E-state index < -0.39 is 0 Å². The zero-order valence-corrected chi connectivity index (χ0v) is 12.6. The fourth-order valence-corrected chi connectivity index (χ4v) is 3.82. The molecule has 0 bridgehead atoms. The molecule has 0 saturated heterocycles. The highest BCUT2D eigenvalue weighted by Crippen LogP contribution is 2.48. The summed E-state index contributed by atoms with van der Waals surface area (Å²) in [6, 6.07) is 1.24. The molecule has 1 aliphatic rings. The van der Waals surface area contributed by atoms with Crippen LogP contribution in [0.3, 0.4) is 0 Å². The van der Waals surface area contributed by atoms with Crippen LogP contribution in [0.2, 0.25) is 0 Å². The van der Waals surface area contributed by atoms with Crippen LogP contribution in [-0.4, -0.2) is 18.8 Å². The summed E-state index contributed by atoms with van der Waals surface area (Å²) in [6.07, 6.45) is 4.93. The number of halogens is 2. The van der Waals surface area contributed by atoms with Crippen LogP contribution in [0.5, 0.6) is 11.5 Å². The van der Waals surface area contributed by atoms with Gasteiger partial charge < -0.3 is 15.6 Å². The number of methoxy groups -OCH3 is 1. The summed E-state index contributed by atoms with van der Waals surface area (Å²) < 4.78 is 19.8. The van der Waals surface area contributed by atoms with Gasteiger partial charge in [-0.15, -0.1) is 0 Å². The van der Waals surface area contributed by atoms with E-state index in [0.29, 0.717) is 16.6 Å². The van der Waals surface area contributed by atoms with E-state index in [1.807, 2.05) is 0 Å². The predicted molar refractivity (Wildman–Crippen MR) is 76.1 cm³/mol. The minimum absolute atomic E-state index is 0.0581. The third-order valence-electron chi connectivity index (χ3n) is 4.11. The number of rotatable bonds is 3. The van der Waals surface area contributed by atoms with Crippen molar-refractivity contribution in [3.05, 3.63) is 21.9 Å². The number of ether oxygens (including phenoxy) is 1. The fourth-order valence-electron chi connectivity index (χ4n) is 3.01. The van der Waals surface area contributed by atoms with Crippen molar-refractivity contribution in [2.75, 3.05) is 13.7 Å². The zero-order chi connectivity index (χ0) is 14.0. The second-order valence-electron chi connectivity index (χ2n) is 5.14. The summed E-state index contributed by atoms with van der Waals surface area (Å²) in [4.78, 5) is 0. The first-order valence-corrected chi connectivity index (χ1v) is 7.30. The van der Waals surface area contributed by atoms with Crippen molar-refractivity contribution in [3.63, 3.8) is 0 Å². The van der Waals surface area contributed by atoms with E-state index in [-0.39, 0.29) is 22.7 Å². The molecule has 5 heteroatoms. The molecule has 0 radical (unpaired) electrons. The third kappa shape index (κ3) is 2.46. The molecule has 0 aliphatic heterocycles. The molecule has 1 aliphatic carbocycles. The second kappa shape index (κ2) is 5.67. The Hall–Kier alpha value is -0.810. The molecule has 1 fully saturated rings. The van der Waals surface area contributed by atoms with E-state index in [4.69, 9.17) is 10.5 Å². The van der Waals surface area contributed by atoms with Gasteiger partial charge in [0.15, 0.2) is 11.5 Å². The predicted octanol–water partition coefficient (Wildman–Crippen LogP) is 3.46. The van der Waals surface area contributed by atoms with Crippen LogP contribution in [-0.2, 0) is 5.41 Å². The van der Waals surface area contributed by atoms with Crippen LogP contribution in [0.15, 0.2) is 10.5 Å². The van der Waals surface area contributed by atoms with Gasteiger partial charge in [-0.2, -0.15) is 0 Å². The Morgan fingerprint density at radius 3 is 2.58 bits per heavy atom. The van der Waals surface area contributed by atoms with Crippen molar-refractivity contribution in [3.8, 4) is 11.5 Å². The number of phenols is 1. The standard InChI is InChI=1S/C14H19BrFNO2/c1-19-10-7-9(16)11(12(15)13(10)18)14(8-17)5-3-2-4-6-14/h7,18H,2-6,8,17H2,1H3. The van der Waals surface area contributed by atoms with Gasteiger partial charge in [0.05, 0.1) is 11.6 Å². The Bertz CT molecular complexity index is 473. The molecule has 19 heavy (non-hydrogen) atoms. The lowest BCUT2D eigenvalue weighted by Gasteiger charge is -2.37. The zero-order valence-electron chi connectivity index (χ0n) is 11.0. The first-order valence-electron chi connectivity index (χ1n) is 6.51. The number of benzene rings is 1. The number of nitrogens with two attached hydrogens (primary N) is 1. The van der Waals surface area contributed by atoms with Crippen molar-refractivity contribution in [2.24, 2.45) is 5.73 Å². The molecular formula is C14H19BrFNO2. The Kier molecular flexibility index (Phi) is 4.36. The van der Waals surface area contributed by atoms with Gasteiger partial charge in [-0.3, -0.25) is 0 Å². The summed E-state index contributed by atoms with van der Waals surface area (Å²) in [5, 5.41) is 10.1. The van der Waals surface area contributed by atoms with Crippen molar-refractivity contribution < 1.29 is 14.2 Å². The average molecular weight is 332 g/mol. The number of hydrogen-bond acceptors (Lipinski definition) is 3. The molecule has 0 amide bonds. The summed E-state index contributed by atoms with van der Waals surface area (Å²) in [6.45, 7) is 0.383. The molecule has 0 aromatic heterocycles. The van der Waals surface area contributed by atoms with Gasteiger partial charge in [0.1, 0.15) is 5.82 Å². The lowest BCUT2D eigenvalue weighted by molar-refractivity contribution is 0.286. The molecule has 1 aromatic rings. The third-order valence-corrected chi connectivity index (χ3v) is 4.88. The van der Waals surface area contributed by atoms with Crippen molar-refractivity contribution in [1.82, 2.24) is 0 Å². The lowest BCUT2D eigenvalue weighted by Crippen LogP contribution is -2.38. The Morgan fingerprint density at radius 1 is 1.42 bits per heavy atom. The highest BCUT2D eigenvalue weighted by atomic mass is 79.9. The monoisotopic (exact) mass is 331 g/mol. The molecule has 0 spiro atoms. The maximum absolute atomic E-state index is 14.4. The van der Waals surface area contributed by atoms with Gasteiger partial charge in [0.2, 0.25) is 0 Å². The molecule has 0 atom stereocenters. The largest absolute Gasteiger partial charge is 0.503 e. The molecular weight excluding hydrogens is 313 g/mol. The number of hydrogen-bond donors (Lipinski definition) is 2.